The molecule has 1 aliphatic rings. The molecule has 2 amide bonds. The molecular weight excluding hydrogens is 487 g/mol. The van der Waals surface area contributed by atoms with Gasteiger partial charge in [-0.3, -0.25) is 9.59 Å². The normalized spacial score (nSPS) is 15.7. The van der Waals surface area contributed by atoms with Crippen LogP contribution in [0.4, 0.5) is 15.8 Å². The summed E-state index contributed by atoms with van der Waals surface area (Å²) < 4.78 is 15.0. The topological polar surface area (TPSA) is 75.5 Å². The molecule has 0 atom stereocenters. The van der Waals surface area contributed by atoms with Crippen molar-refractivity contribution in [1.82, 2.24) is 9.88 Å². The lowest BCUT2D eigenvalue weighted by atomic mass is 10.1. The molecule has 174 valence electrons. The smallest absolute Gasteiger partial charge is 0.264 e. The van der Waals surface area contributed by atoms with Gasteiger partial charge in [-0.2, -0.15) is 0 Å². The van der Waals surface area contributed by atoms with Gasteiger partial charge < -0.3 is 15.2 Å². The average Bonchev–Trinajstić information content (AvgIpc) is 3.36. The Balaban J connectivity index is 1.39. The van der Waals surface area contributed by atoms with Crippen LogP contribution in [0.3, 0.4) is 0 Å². The van der Waals surface area contributed by atoms with Crippen LogP contribution < -0.4 is 10.6 Å². The van der Waals surface area contributed by atoms with Gasteiger partial charge in [0.1, 0.15) is 12.4 Å². The Hall–Kier alpha value is -3.88. The van der Waals surface area contributed by atoms with Gasteiger partial charge >= 0.3 is 0 Å². The first-order valence-electron chi connectivity index (χ1n) is 10.6. The summed E-state index contributed by atoms with van der Waals surface area (Å²) in [5.74, 6) is -0.807. The minimum atomic E-state index is -0.351. The van der Waals surface area contributed by atoms with Gasteiger partial charge in [-0.15, -0.1) is 0 Å². The summed E-state index contributed by atoms with van der Waals surface area (Å²) in [6.07, 6.45) is 3.63. The molecule has 0 aliphatic carbocycles. The second kappa shape index (κ2) is 9.77. The number of aromatic nitrogens is 1. The summed E-state index contributed by atoms with van der Waals surface area (Å²) >= 11 is 7.11. The Morgan fingerprint density at radius 3 is 2.60 bits per heavy atom. The van der Waals surface area contributed by atoms with Crippen LogP contribution in [-0.2, 0) is 16.1 Å². The van der Waals surface area contributed by atoms with Gasteiger partial charge in [-0.1, -0.05) is 29.8 Å². The van der Waals surface area contributed by atoms with Crippen molar-refractivity contribution in [2.24, 2.45) is 4.99 Å². The fourth-order valence-corrected chi connectivity index (χ4v) is 4.62. The standard InChI is InChI=1S/C26H18ClFN4O2S/c27-17-5-9-19(10-6-17)29-24(33)15-32-14-16(21-3-1-2-4-22(21)32)13-23-25(34)31-26(35-23)30-20-11-7-18(28)8-12-20/h1-14H,15H2,(H,29,33)(H,30,31,34)/b23-13+. The number of anilines is 1. The van der Waals surface area contributed by atoms with Crippen molar-refractivity contribution in [3.05, 3.63) is 100 Å². The lowest BCUT2D eigenvalue weighted by Gasteiger charge is -2.07. The van der Waals surface area contributed by atoms with Crippen molar-refractivity contribution in [3.63, 3.8) is 0 Å². The molecule has 2 heterocycles. The minimum absolute atomic E-state index is 0.100. The SMILES string of the molecule is O=C(Cn1cc(/C=C2/SC(=Nc3ccc(F)cc3)NC2=O)c2ccccc21)Nc1ccc(Cl)cc1. The summed E-state index contributed by atoms with van der Waals surface area (Å²) in [5.41, 5.74) is 2.87. The molecule has 1 aromatic heterocycles. The van der Waals surface area contributed by atoms with E-state index in [0.717, 1.165) is 16.5 Å². The maximum Gasteiger partial charge on any atom is 0.264 e. The molecule has 0 saturated carbocycles. The second-order valence-corrected chi connectivity index (χ2v) is 9.21. The van der Waals surface area contributed by atoms with Crippen LogP contribution in [0, 0.1) is 5.82 Å². The van der Waals surface area contributed by atoms with E-state index in [-0.39, 0.29) is 24.2 Å². The molecule has 1 saturated heterocycles. The van der Waals surface area contributed by atoms with Gasteiger partial charge in [0.25, 0.3) is 5.91 Å². The maximum absolute atomic E-state index is 13.1. The van der Waals surface area contributed by atoms with Crippen LogP contribution in [0.25, 0.3) is 17.0 Å². The minimum Gasteiger partial charge on any atom is -0.337 e. The molecule has 35 heavy (non-hydrogen) atoms. The number of carbonyl (C=O) groups excluding carboxylic acids is 2. The molecule has 0 bridgehead atoms. The van der Waals surface area contributed by atoms with Crippen molar-refractivity contribution in [3.8, 4) is 0 Å². The summed E-state index contributed by atoms with van der Waals surface area (Å²) in [5, 5.41) is 7.52. The second-order valence-electron chi connectivity index (χ2n) is 7.74. The van der Waals surface area contributed by atoms with Gasteiger partial charge in [0, 0.05) is 33.4 Å². The van der Waals surface area contributed by atoms with E-state index in [4.69, 9.17) is 11.6 Å². The number of hydrogen-bond acceptors (Lipinski definition) is 4. The number of aliphatic imine (C=N–C) groups is 1. The van der Waals surface area contributed by atoms with Crippen LogP contribution in [-0.4, -0.2) is 21.5 Å². The van der Waals surface area contributed by atoms with Crippen molar-refractivity contribution in [2.45, 2.75) is 6.54 Å². The number of thioether (sulfide) groups is 1. The summed E-state index contributed by atoms with van der Waals surface area (Å²) in [7, 11) is 0. The third kappa shape index (κ3) is 5.29. The van der Waals surface area contributed by atoms with E-state index >= 15 is 0 Å². The number of benzene rings is 3. The number of rotatable bonds is 5. The zero-order valence-electron chi connectivity index (χ0n) is 18.2. The Bertz CT molecular complexity index is 1490. The van der Waals surface area contributed by atoms with E-state index in [2.05, 4.69) is 15.6 Å². The van der Waals surface area contributed by atoms with E-state index in [1.54, 1.807) is 42.5 Å². The first kappa shape index (κ1) is 22.9. The van der Waals surface area contributed by atoms with Crippen LogP contribution in [0.1, 0.15) is 5.56 Å². The quantitative estimate of drug-likeness (QED) is 0.329. The molecule has 5 rings (SSSR count). The number of carbonyl (C=O) groups is 2. The zero-order valence-corrected chi connectivity index (χ0v) is 19.7. The summed E-state index contributed by atoms with van der Waals surface area (Å²) in [6.45, 7) is 0.100. The van der Waals surface area contributed by atoms with Gasteiger partial charge in [-0.25, -0.2) is 9.38 Å². The number of nitrogens with one attached hydrogen (secondary N) is 2. The number of amidine groups is 1. The van der Waals surface area contributed by atoms with Crippen molar-refractivity contribution >= 4 is 68.7 Å². The van der Waals surface area contributed by atoms with Crippen LogP contribution >= 0.6 is 23.4 Å². The lowest BCUT2D eigenvalue weighted by Crippen LogP contribution is -2.19. The number of fused-ring (bicyclic) bond motifs is 1. The molecule has 6 nitrogen and oxygen atoms in total. The average molecular weight is 505 g/mol. The van der Waals surface area contributed by atoms with Crippen LogP contribution in [0.15, 0.2) is 88.9 Å². The number of hydrogen-bond donors (Lipinski definition) is 2. The highest BCUT2D eigenvalue weighted by molar-refractivity contribution is 8.18. The van der Waals surface area contributed by atoms with E-state index in [9.17, 15) is 14.0 Å². The first-order valence-corrected chi connectivity index (χ1v) is 11.8. The molecule has 9 heteroatoms. The Morgan fingerprint density at radius 2 is 1.83 bits per heavy atom. The molecule has 0 radical (unpaired) electrons. The van der Waals surface area contributed by atoms with Crippen molar-refractivity contribution in [1.29, 1.82) is 0 Å². The van der Waals surface area contributed by atoms with Crippen molar-refractivity contribution in [2.75, 3.05) is 5.32 Å². The van der Waals surface area contributed by atoms with Gasteiger partial charge in [0.05, 0.1) is 10.6 Å². The van der Waals surface area contributed by atoms with Gasteiger partial charge in [0.15, 0.2) is 5.17 Å². The van der Waals surface area contributed by atoms with Crippen molar-refractivity contribution < 1.29 is 14.0 Å². The van der Waals surface area contributed by atoms with Gasteiger partial charge in [-0.05, 0) is 72.4 Å². The zero-order chi connectivity index (χ0) is 24.4. The largest absolute Gasteiger partial charge is 0.337 e. The predicted molar refractivity (Wildman–Crippen MR) is 139 cm³/mol. The fraction of sp³-hybridized carbons (Fsp3) is 0.0385. The molecule has 0 unspecified atom stereocenters. The molecule has 0 spiro atoms. The maximum atomic E-state index is 13.1. The summed E-state index contributed by atoms with van der Waals surface area (Å²) in [4.78, 5) is 30.1. The van der Waals surface area contributed by atoms with Crippen LogP contribution in [0.2, 0.25) is 5.02 Å². The summed E-state index contributed by atoms with van der Waals surface area (Å²) in [6, 6.07) is 20.3. The Kier molecular flexibility index (Phi) is 6.39. The van der Waals surface area contributed by atoms with Gasteiger partial charge in [0.2, 0.25) is 5.91 Å². The molecule has 3 aromatic carbocycles. The van der Waals surface area contributed by atoms with Crippen LogP contribution in [0.5, 0.6) is 0 Å². The number of amides is 2. The third-order valence-electron chi connectivity index (χ3n) is 5.26. The van der Waals surface area contributed by atoms with E-state index in [1.807, 2.05) is 35.0 Å². The lowest BCUT2D eigenvalue weighted by molar-refractivity contribution is -0.117. The predicted octanol–water partition coefficient (Wildman–Crippen LogP) is 5.96. The highest BCUT2D eigenvalue weighted by Gasteiger charge is 2.24. The number of nitrogens with zero attached hydrogens (tertiary/aromatic N) is 2. The Labute approximate surface area is 209 Å². The molecule has 4 aromatic rings. The molecule has 1 fully saturated rings. The highest BCUT2D eigenvalue weighted by atomic mass is 35.5. The fourth-order valence-electron chi connectivity index (χ4n) is 3.66. The van der Waals surface area contributed by atoms with E-state index in [1.165, 1.54) is 23.9 Å². The van der Waals surface area contributed by atoms with E-state index in [0.29, 0.717) is 26.5 Å². The number of para-hydroxylation sites is 1. The highest BCUT2D eigenvalue weighted by Crippen LogP contribution is 2.31. The molecule has 2 N–H and O–H groups in total. The Morgan fingerprint density at radius 1 is 1.09 bits per heavy atom. The monoisotopic (exact) mass is 504 g/mol. The first-order chi connectivity index (χ1) is 16.9. The molecular formula is C26H18ClFN4O2S. The molecule has 1 aliphatic heterocycles. The van der Waals surface area contributed by atoms with E-state index < -0.39 is 0 Å². The number of halogens is 2. The third-order valence-corrected chi connectivity index (χ3v) is 6.42.